The molecule has 0 fully saturated rings. The van der Waals surface area contributed by atoms with Gasteiger partial charge in [-0.3, -0.25) is 9.89 Å². The van der Waals surface area contributed by atoms with Crippen LogP contribution in [-0.4, -0.2) is 36.8 Å². The average molecular weight is 395 g/mol. The van der Waals surface area contributed by atoms with Crippen LogP contribution in [-0.2, 0) is 11.3 Å². The Kier molecular flexibility index (Phi) is 6.19. The SMILES string of the molecule is C[C@H](Sc1n[nH]c(-c2ccccc2)n1)C(=O)N(Cc1ccccc1)C(C)(C)C. The first-order valence-electron chi connectivity index (χ1n) is 9.34. The van der Waals surface area contributed by atoms with Crippen LogP contribution in [0.5, 0.6) is 0 Å². The van der Waals surface area contributed by atoms with E-state index >= 15 is 0 Å². The third-order valence-corrected chi connectivity index (χ3v) is 5.35. The molecule has 1 heterocycles. The quantitative estimate of drug-likeness (QED) is 0.611. The molecular weight excluding hydrogens is 368 g/mol. The number of hydrogen-bond donors (Lipinski definition) is 1. The van der Waals surface area contributed by atoms with Crippen molar-refractivity contribution in [3.8, 4) is 11.4 Å². The Morgan fingerprint density at radius 3 is 2.29 bits per heavy atom. The average Bonchev–Trinajstić information content (AvgIpc) is 3.14. The van der Waals surface area contributed by atoms with Crippen molar-refractivity contribution in [1.29, 1.82) is 0 Å². The fourth-order valence-electron chi connectivity index (χ4n) is 2.86. The summed E-state index contributed by atoms with van der Waals surface area (Å²) in [7, 11) is 0. The molecular formula is C22H26N4OS. The molecule has 5 nitrogen and oxygen atoms in total. The first-order chi connectivity index (χ1) is 13.3. The zero-order valence-electron chi connectivity index (χ0n) is 16.7. The van der Waals surface area contributed by atoms with Crippen LogP contribution in [0.15, 0.2) is 65.8 Å². The third-order valence-electron chi connectivity index (χ3n) is 4.40. The van der Waals surface area contributed by atoms with Crippen molar-refractivity contribution in [3.05, 3.63) is 66.2 Å². The lowest BCUT2D eigenvalue weighted by molar-refractivity contribution is -0.135. The summed E-state index contributed by atoms with van der Waals surface area (Å²) >= 11 is 1.38. The normalized spacial score (nSPS) is 12.6. The number of rotatable bonds is 6. The molecule has 2 aromatic carbocycles. The van der Waals surface area contributed by atoms with Crippen LogP contribution in [0.1, 0.15) is 33.3 Å². The van der Waals surface area contributed by atoms with Gasteiger partial charge in [0.1, 0.15) is 0 Å². The molecule has 1 N–H and O–H groups in total. The number of nitrogens with zero attached hydrogens (tertiary/aromatic N) is 3. The Morgan fingerprint density at radius 1 is 1.07 bits per heavy atom. The largest absolute Gasteiger partial charge is 0.333 e. The standard InChI is InChI=1S/C22H26N4OS/c1-16(28-21-23-19(24-25-21)18-13-9-6-10-14-18)20(27)26(22(2,3)4)15-17-11-7-5-8-12-17/h5-14,16H,15H2,1-4H3,(H,23,24,25)/t16-/m0/s1. The van der Waals surface area contributed by atoms with Gasteiger partial charge >= 0.3 is 0 Å². The van der Waals surface area contributed by atoms with E-state index in [4.69, 9.17) is 0 Å². The minimum absolute atomic E-state index is 0.0763. The molecule has 28 heavy (non-hydrogen) atoms. The van der Waals surface area contributed by atoms with E-state index in [2.05, 4.69) is 36.0 Å². The number of amides is 1. The molecule has 1 aromatic heterocycles. The summed E-state index contributed by atoms with van der Waals surface area (Å²) < 4.78 is 0. The van der Waals surface area contributed by atoms with Crippen LogP contribution in [0.3, 0.4) is 0 Å². The summed E-state index contributed by atoms with van der Waals surface area (Å²) in [5, 5.41) is 7.52. The monoisotopic (exact) mass is 394 g/mol. The van der Waals surface area contributed by atoms with E-state index in [1.54, 1.807) is 0 Å². The van der Waals surface area contributed by atoms with E-state index in [1.165, 1.54) is 11.8 Å². The fraction of sp³-hybridized carbons (Fsp3) is 0.318. The number of aromatic nitrogens is 3. The molecule has 3 rings (SSSR count). The Balaban J connectivity index is 1.72. The molecule has 0 radical (unpaired) electrons. The molecule has 1 atom stereocenters. The van der Waals surface area contributed by atoms with E-state index in [1.807, 2.05) is 72.5 Å². The van der Waals surface area contributed by atoms with Crippen molar-refractivity contribution in [2.75, 3.05) is 0 Å². The molecule has 0 saturated carbocycles. The summed E-state index contributed by atoms with van der Waals surface area (Å²) in [6, 6.07) is 19.9. The summed E-state index contributed by atoms with van der Waals surface area (Å²) in [6.07, 6.45) is 0. The second kappa shape index (κ2) is 8.61. The van der Waals surface area contributed by atoms with Gasteiger partial charge in [-0.15, -0.1) is 5.10 Å². The molecule has 0 aliphatic heterocycles. The highest BCUT2D eigenvalue weighted by atomic mass is 32.2. The maximum Gasteiger partial charge on any atom is 0.236 e. The summed E-state index contributed by atoms with van der Waals surface area (Å²) in [4.78, 5) is 19.7. The zero-order chi connectivity index (χ0) is 20.1. The highest BCUT2D eigenvalue weighted by Gasteiger charge is 2.31. The Labute approximate surface area is 170 Å². The van der Waals surface area contributed by atoms with Crippen LogP contribution in [0, 0.1) is 0 Å². The maximum absolute atomic E-state index is 13.2. The Hall–Kier alpha value is -2.60. The van der Waals surface area contributed by atoms with Crippen molar-refractivity contribution >= 4 is 17.7 Å². The predicted molar refractivity (Wildman–Crippen MR) is 114 cm³/mol. The molecule has 0 unspecified atom stereocenters. The van der Waals surface area contributed by atoms with Gasteiger partial charge in [-0.05, 0) is 33.3 Å². The van der Waals surface area contributed by atoms with Gasteiger partial charge in [0.15, 0.2) is 5.82 Å². The number of nitrogens with one attached hydrogen (secondary N) is 1. The van der Waals surface area contributed by atoms with Crippen LogP contribution in [0.25, 0.3) is 11.4 Å². The lowest BCUT2D eigenvalue weighted by atomic mass is 10.0. The highest BCUT2D eigenvalue weighted by molar-refractivity contribution is 8.00. The van der Waals surface area contributed by atoms with Gasteiger partial charge in [0.2, 0.25) is 11.1 Å². The molecule has 0 bridgehead atoms. The number of carbonyl (C=O) groups is 1. The van der Waals surface area contributed by atoms with E-state index in [-0.39, 0.29) is 16.7 Å². The van der Waals surface area contributed by atoms with Crippen LogP contribution in [0.4, 0.5) is 0 Å². The number of thioether (sulfide) groups is 1. The Bertz CT molecular complexity index is 903. The van der Waals surface area contributed by atoms with Crippen LogP contribution < -0.4 is 0 Å². The molecule has 0 aliphatic rings. The molecule has 0 aliphatic carbocycles. The van der Waals surface area contributed by atoms with Crippen LogP contribution in [0.2, 0.25) is 0 Å². The summed E-state index contributed by atoms with van der Waals surface area (Å²) in [5.41, 5.74) is 1.81. The minimum Gasteiger partial charge on any atom is -0.333 e. The molecule has 0 spiro atoms. The number of aromatic amines is 1. The highest BCUT2D eigenvalue weighted by Crippen LogP contribution is 2.27. The van der Waals surface area contributed by atoms with E-state index in [9.17, 15) is 4.79 Å². The molecule has 3 aromatic rings. The van der Waals surface area contributed by atoms with Crippen molar-refractivity contribution in [3.63, 3.8) is 0 Å². The molecule has 6 heteroatoms. The van der Waals surface area contributed by atoms with Gasteiger partial charge in [-0.25, -0.2) is 4.98 Å². The zero-order valence-corrected chi connectivity index (χ0v) is 17.5. The number of carbonyl (C=O) groups excluding carboxylic acids is 1. The number of hydrogen-bond acceptors (Lipinski definition) is 4. The number of H-pyrrole nitrogens is 1. The van der Waals surface area contributed by atoms with E-state index in [0.717, 1.165) is 11.1 Å². The minimum atomic E-state index is -0.289. The lowest BCUT2D eigenvalue weighted by Gasteiger charge is -2.37. The predicted octanol–water partition coefficient (Wildman–Crippen LogP) is 4.78. The Morgan fingerprint density at radius 2 is 1.68 bits per heavy atom. The first kappa shape index (κ1) is 20.1. The van der Waals surface area contributed by atoms with Gasteiger partial charge < -0.3 is 4.90 Å². The first-order valence-corrected chi connectivity index (χ1v) is 10.2. The lowest BCUT2D eigenvalue weighted by Crippen LogP contribution is -2.48. The smallest absolute Gasteiger partial charge is 0.236 e. The van der Waals surface area contributed by atoms with Gasteiger partial charge in [0.25, 0.3) is 0 Å². The topological polar surface area (TPSA) is 61.9 Å². The van der Waals surface area contributed by atoms with Gasteiger partial charge in [-0.2, -0.15) is 0 Å². The van der Waals surface area contributed by atoms with E-state index in [0.29, 0.717) is 17.5 Å². The molecule has 1 amide bonds. The van der Waals surface area contributed by atoms with Gasteiger partial charge in [0, 0.05) is 17.6 Å². The second-order valence-corrected chi connectivity index (χ2v) is 8.98. The van der Waals surface area contributed by atoms with Crippen molar-refractivity contribution in [1.82, 2.24) is 20.1 Å². The maximum atomic E-state index is 13.2. The van der Waals surface area contributed by atoms with Crippen molar-refractivity contribution < 1.29 is 4.79 Å². The van der Waals surface area contributed by atoms with E-state index < -0.39 is 0 Å². The third kappa shape index (κ3) is 5.01. The van der Waals surface area contributed by atoms with Crippen LogP contribution >= 0.6 is 11.8 Å². The fourth-order valence-corrected chi connectivity index (χ4v) is 3.65. The van der Waals surface area contributed by atoms with Gasteiger partial charge in [0.05, 0.1) is 5.25 Å². The molecule has 0 saturated heterocycles. The van der Waals surface area contributed by atoms with Crippen molar-refractivity contribution in [2.45, 2.75) is 50.2 Å². The summed E-state index contributed by atoms with van der Waals surface area (Å²) in [6.45, 7) is 8.68. The molecule has 146 valence electrons. The summed E-state index contributed by atoms with van der Waals surface area (Å²) in [5.74, 6) is 0.784. The van der Waals surface area contributed by atoms with Gasteiger partial charge in [-0.1, -0.05) is 72.4 Å². The number of benzene rings is 2. The second-order valence-electron chi connectivity index (χ2n) is 7.67. The van der Waals surface area contributed by atoms with Crippen molar-refractivity contribution in [2.24, 2.45) is 0 Å².